The number of benzene rings is 1. The van der Waals surface area contributed by atoms with Crippen LogP contribution in [-0.4, -0.2) is 117 Å². The third-order valence-electron chi connectivity index (χ3n) is 11.8. The number of unbranched alkanes of at least 4 members (excludes halogenated alkanes) is 2. The van der Waals surface area contributed by atoms with Crippen molar-refractivity contribution in [3.8, 4) is 0 Å². The van der Waals surface area contributed by atoms with Crippen LogP contribution in [0.1, 0.15) is 110 Å². The number of amides is 4. The van der Waals surface area contributed by atoms with Crippen LogP contribution in [0.5, 0.6) is 0 Å². The molecule has 0 radical (unpaired) electrons. The van der Waals surface area contributed by atoms with Gasteiger partial charge < -0.3 is 24.0 Å². The largest absolute Gasteiger partial charge is 1.00 e. The Bertz CT molecular complexity index is 2490. The average Bonchev–Trinajstić information content (AvgIpc) is 3.90. The minimum atomic E-state index is -4.57. The average molecular weight is 1040 g/mol. The Morgan fingerprint density at radius 2 is 1.36 bits per heavy atom. The third kappa shape index (κ3) is 16.4. The van der Waals surface area contributed by atoms with Crippen LogP contribution < -0.4 is 64.4 Å². The molecule has 2 fully saturated rings. The summed E-state index contributed by atoms with van der Waals surface area (Å²) in [6.45, 7) is 5.85. The summed E-state index contributed by atoms with van der Waals surface area (Å²) in [5.41, 5.74) is 1.42. The first kappa shape index (κ1) is 60.2. The minimum absolute atomic E-state index is 0. The Morgan fingerprint density at radius 1 is 0.783 bits per heavy atom. The topological polar surface area (TPSA) is 302 Å². The van der Waals surface area contributed by atoms with Crippen LogP contribution in [0.15, 0.2) is 64.3 Å². The van der Waals surface area contributed by atoms with E-state index in [0.717, 1.165) is 11.3 Å². The van der Waals surface area contributed by atoms with Crippen molar-refractivity contribution in [3.63, 3.8) is 0 Å². The van der Waals surface area contributed by atoms with E-state index in [1.807, 2.05) is 17.6 Å². The van der Waals surface area contributed by atoms with E-state index in [1.165, 1.54) is 0 Å². The Balaban J connectivity index is 0.00000630. The number of hydrogen-bond donors (Lipinski definition) is 0. The Morgan fingerprint density at radius 3 is 1.94 bits per heavy atom. The van der Waals surface area contributed by atoms with Gasteiger partial charge in [0.25, 0.3) is 23.6 Å². The van der Waals surface area contributed by atoms with Crippen LogP contribution in [0.4, 0.5) is 5.69 Å². The van der Waals surface area contributed by atoms with E-state index in [4.69, 9.17) is 9.68 Å². The number of fused-ring (bicyclic) bond motifs is 1. The number of rotatable bonds is 25. The maximum absolute atomic E-state index is 12.9. The van der Waals surface area contributed by atoms with Gasteiger partial charge in [0.1, 0.15) is 6.54 Å². The standard InChI is InChI=1S/C42H53N5O17S3.2Na/c1-29-41(2,23-21-40(53)62-47-37(50)19-20-38(47)51)34(45(43-29)25-11-27-67(58,59)60)13-7-4-6-12-33-42(3,22-10-26-66(55,56)57)31-28-30(65-64-63-54)15-16-32(31)44(33)24-9-5-8-14-39(52)61-46-35(48)17-18-36(46)49;;/h4,6-7,12-13,15-16,28H,5,8-11,14,17-27H2,1-3H3,(H2-,54,55,56,57,58,59,60);;/q;2*+1/p-2. The normalized spacial score (nSPS) is 21.2. The Kier molecular flexibility index (Phi) is 23.1. The molecule has 2 saturated heterocycles. The molecule has 2 unspecified atom stereocenters. The zero-order valence-electron chi connectivity index (χ0n) is 39.0. The summed E-state index contributed by atoms with van der Waals surface area (Å²) in [7, 11) is -9.10. The van der Waals surface area contributed by atoms with Gasteiger partial charge in [-0.25, -0.2) is 26.4 Å². The van der Waals surface area contributed by atoms with Gasteiger partial charge in [-0.05, 0) is 77.5 Å². The maximum Gasteiger partial charge on any atom is 1.00 e. The second-order valence-electron chi connectivity index (χ2n) is 16.6. The summed E-state index contributed by atoms with van der Waals surface area (Å²) in [5, 5.41) is 21.3. The van der Waals surface area contributed by atoms with E-state index in [0.29, 0.717) is 70.0 Å². The summed E-state index contributed by atoms with van der Waals surface area (Å²) in [5.74, 6) is -5.24. The minimum Gasteiger partial charge on any atom is -0.748 e. The fraction of sp³-hybridized carbons (Fsp3) is 0.524. The summed E-state index contributed by atoms with van der Waals surface area (Å²) in [6.07, 6.45) is 9.80. The van der Waals surface area contributed by atoms with Gasteiger partial charge in [-0.1, -0.05) is 18.2 Å². The van der Waals surface area contributed by atoms with Crippen molar-refractivity contribution >= 4 is 85.0 Å². The van der Waals surface area contributed by atoms with Gasteiger partial charge >= 0.3 is 71.1 Å². The van der Waals surface area contributed by atoms with Crippen LogP contribution >= 0.6 is 12.0 Å². The number of hydrazone groups is 1. The summed E-state index contributed by atoms with van der Waals surface area (Å²) in [4.78, 5) is 83.7. The van der Waals surface area contributed by atoms with E-state index in [9.17, 15) is 60.0 Å². The fourth-order valence-electron chi connectivity index (χ4n) is 8.24. The summed E-state index contributed by atoms with van der Waals surface area (Å²) < 4.78 is 76.1. The third-order valence-corrected chi connectivity index (χ3v) is 14.0. The van der Waals surface area contributed by atoms with Crippen LogP contribution in [-0.2, 0) is 73.5 Å². The Hall–Kier alpha value is -3.15. The van der Waals surface area contributed by atoms with Crippen molar-refractivity contribution in [2.45, 2.75) is 115 Å². The van der Waals surface area contributed by atoms with Gasteiger partial charge in [0.15, 0.2) is 5.71 Å². The molecule has 4 heterocycles. The van der Waals surface area contributed by atoms with Crippen LogP contribution in [0, 0.1) is 5.41 Å². The predicted molar refractivity (Wildman–Crippen MR) is 231 cm³/mol. The van der Waals surface area contributed by atoms with Crippen molar-refractivity contribution in [3.05, 3.63) is 59.8 Å². The van der Waals surface area contributed by atoms with Crippen molar-refractivity contribution in [2.75, 3.05) is 24.6 Å². The molecular weight excluding hydrogens is 989 g/mol. The van der Waals surface area contributed by atoms with Gasteiger partial charge in [-0.3, -0.25) is 29.2 Å². The molecule has 0 spiro atoms. The van der Waals surface area contributed by atoms with Crippen molar-refractivity contribution in [1.82, 2.24) is 15.1 Å². The molecule has 4 aliphatic heterocycles. The molecular formula is C42H51N5Na2O17S3. The van der Waals surface area contributed by atoms with E-state index in [1.54, 1.807) is 61.4 Å². The second kappa shape index (κ2) is 26.5. The molecule has 1 aromatic carbocycles. The SMILES string of the molecule is CC1=NN(CCCS(=O)(=O)[O-])\C(=C/C=C/C=C/C2=[N+](CCCCCC(=O)ON3C(=O)CCC3=O)c3ccc(SOO[O-])cc3C2(C)CCCS(=O)(=O)[O-])C1(C)CCC(=O)ON1C(=O)CCC1=O.[Na+].[Na+]. The summed E-state index contributed by atoms with van der Waals surface area (Å²) in [6, 6.07) is 5.26. The van der Waals surface area contributed by atoms with Gasteiger partial charge in [0.2, 0.25) is 5.69 Å². The Labute approximate surface area is 448 Å². The number of allylic oxidation sites excluding steroid dienone is 6. The molecule has 0 bridgehead atoms. The van der Waals surface area contributed by atoms with Gasteiger partial charge in [-0.15, -0.1) is 10.1 Å². The van der Waals surface area contributed by atoms with Gasteiger partial charge in [0, 0.05) is 102 Å². The first-order valence-corrected chi connectivity index (χ1v) is 25.3. The van der Waals surface area contributed by atoms with E-state index in [2.05, 4.69) is 14.5 Å². The molecule has 4 amide bonds. The molecule has 4 aliphatic rings. The van der Waals surface area contributed by atoms with Gasteiger partial charge in [-0.2, -0.15) is 14.0 Å². The number of hydroxylamine groups is 4. The van der Waals surface area contributed by atoms with Crippen LogP contribution in [0.3, 0.4) is 0 Å². The second-order valence-corrected chi connectivity index (χ2v) is 20.4. The first-order valence-electron chi connectivity index (χ1n) is 21.4. The fourth-order valence-corrected chi connectivity index (χ4v) is 9.61. The molecule has 0 aliphatic carbocycles. The molecule has 0 saturated carbocycles. The number of imide groups is 2. The predicted octanol–water partition coefficient (Wildman–Crippen LogP) is -3.21. The molecule has 366 valence electrons. The monoisotopic (exact) mass is 1040 g/mol. The number of hydrogen-bond acceptors (Lipinski definition) is 20. The van der Waals surface area contributed by atoms with Crippen molar-refractivity contribution in [1.29, 1.82) is 0 Å². The molecule has 22 nitrogen and oxygen atoms in total. The van der Waals surface area contributed by atoms with Crippen molar-refractivity contribution < 1.29 is 143 Å². The molecule has 5 rings (SSSR count). The van der Waals surface area contributed by atoms with Gasteiger partial charge in [0.05, 0.1) is 37.7 Å². The molecule has 0 aromatic heterocycles. The van der Waals surface area contributed by atoms with E-state index >= 15 is 0 Å². The summed E-state index contributed by atoms with van der Waals surface area (Å²) >= 11 is 0.664. The van der Waals surface area contributed by atoms with Crippen LogP contribution in [0.2, 0.25) is 0 Å². The first-order chi connectivity index (χ1) is 31.6. The van der Waals surface area contributed by atoms with E-state index in [-0.39, 0.29) is 130 Å². The number of nitrogens with zero attached hydrogens (tertiary/aromatic N) is 5. The van der Waals surface area contributed by atoms with E-state index < -0.39 is 78.1 Å². The molecule has 1 aromatic rings. The van der Waals surface area contributed by atoms with Crippen LogP contribution in [0.25, 0.3) is 0 Å². The molecule has 69 heavy (non-hydrogen) atoms. The zero-order valence-corrected chi connectivity index (χ0v) is 45.5. The quantitative estimate of drug-likeness (QED) is 0.0107. The molecule has 0 N–H and O–H groups in total. The molecule has 2 atom stereocenters. The zero-order chi connectivity index (χ0) is 49.2. The smallest absolute Gasteiger partial charge is 0.748 e. The number of carbonyl (C=O) groups is 6. The number of carbonyl (C=O) groups excluding carboxylic acids is 6. The molecule has 27 heteroatoms. The van der Waals surface area contributed by atoms with Crippen molar-refractivity contribution in [2.24, 2.45) is 10.5 Å². The maximum atomic E-state index is 12.9.